The maximum absolute atomic E-state index is 13.2. The van der Waals surface area contributed by atoms with Crippen LogP contribution in [0.3, 0.4) is 0 Å². The van der Waals surface area contributed by atoms with Crippen LogP contribution in [0.25, 0.3) is 0 Å². The standard InChI is InChI=1S/C20H27N3O6/c1-25-10-11-28-13-18-21-19(22-29-18)15-6-4-5-9-23(15)20(24)14-7-8-16(26-2)17(12-14)27-3/h7-8,12,15H,4-6,9-11,13H2,1-3H3. The van der Waals surface area contributed by atoms with Crippen LogP contribution in [-0.2, 0) is 16.1 Å². The van der Waals surface area contributed by atoms with E-state index in [9.17, 15) is 4.79 Å². The Hall–Kier alpha value is -2.65. The summed E-state index contributed by atoms with van der Waals surface area (Å²) in [5.74, 6) is 1.89. The summed E-state index contributed by atoms with van der Waals surface area (Å²) < 4.78 is 26.2. The van der Waals surface area contributed by atoms with Crippen molar-refractivity contribution in [2.75, 3.05) is 41.1 Å². The van der Waals surface area contributed by atoms with E-state index in [0.29, 0.717) is 48.5 Å². The minimum absolute atomic E-state index is 0.0988. The maximum atomic E-state index is 13.2. The fourth-order valence-electron chi connectivity index (χ4n) is 3.34. The first kappa shape index (κ1) is 21.1. The number of likely N-dealkylation sites (tertiary alicyclic amines) is 1. The third kappa shape index (κ3) is 5.04. The van der Waals surface area contributed by atoms with E-state index in [-0.39, 0.29) is 18.6 Å². The van der Waals surface area contributed by atoms with Crippen LogP contribution in [0.2, 0.25) is 0 Å². The Morgan fingerprint density at radius 1 is 1.17 bits per heavy atom. The molecule has 1 atom stereocenters. The molecule has 0 bridgehead atoms. The van der Waals surface area contributed by atoms with E-state index < -0.39 is 0 Å². The highest BCUT2D eigenvalue weighted by Gasteiger charge is 2.32. The van der Waals surface area contributed by atoms with Crippen molar-refractivity contribution >= 4 is 5.91 Å². The summed E-state index contributed by atoms with van der Waals surface area (Å²) in [5.41, 5.74) is 0.529. The molecule has 1 amide bonds. The van der Waals surface area contributed by atoms with Gasteiger partial charge >= 0.3 is 0 Å². The predicted molar refractivity (Wildman–Crippen MR) is 103 cm³/mol. The van der Waals surface area contributed by atoms with E-state index in [0.717, 1.165) is 19.3 Å². The molecule has 0 saturated carbocycles. The normalized spacial score (nSPS) is 16.7. The number of nitrogens with zero attached hydrogens (tertiary/aromatic N) is 3. The Labute approximate surface area is 169 Å². The molecular formula is C20H27N3O6. The zero-order valence-corrected chi connectivity index (χ0v) is 17.1. The molecule has 1 aliphatic heterocycles. The average molecular weight is 405 g/mol. The number of rotatable bonds is 9. The van der Waals surface area contributed by atoms with E-state index in [1.165, 1.54) is 0 Å². The lowest BCUT2D eigenvalue weighted by molar-refractivity contribution is 0.0494. The Bertz CT molecular complexity index is 809. The fourth-order valence-corrected chi connectivity index (χ4v) is 3.34. The molecule has 9 nitrogen and oxygen atoms in total. The largest absolute Gasteiger partial charge is 0.493 e. The third-order valence-corrected chi connectivity index (χ3v) is 4.83. The van der Waals surface area contributed by atoms with Crippen molar-refractivity contribution in [1.82, 2.24) is 15.0 Å². The molecule has 1 aromatic carbocycles. The SMILES string of the molecule is COCCOCc1nc(C2CCCCN2C(=O)c2ccc(OC)c(OC)c2)no1. The summed E-state index contributed by atoms with van der Waals surface area (Å²) in [5, 5.41) is 4.09. The van der Waals surface area contributed by atoms with Crippen LogP contribution >= 0.6 is 0 Å². The van der Waals surface area contributed by atoms with Gasteiger partial charge in [0.2, 0.25) is 0 Å². The number of hydrogen-bond acceptors (Lipinski definition) is 8. The van der Waals surface area contributed by atoms with E-state index in [2.05, 4.69) is 10.1 Å². The van der Waals surface area contributed by atoms with Gasteiger partial charge in [0.25, 0.3) is 11.8 Å². The molecule has 1 aromatic heterocycles. The van der Waals surface area contributed by atoms with Gasteiger partial charge < -0.3 is 28.4 Å². The van der Waals surface area contributed by atoms with Gasteiger partial charge in [-0.05, 0) is 37.5 Å². The second-order valence-electron chi connectivity index (χ2n) is 6.67. The lowest BCUT2D eigenvalue weighted by atomic mass is 10.00. The minimum Gasteiger partial charge on any atom is -0.493 e. The number of ether oxygens (including phenoxy) is 4. The van der Waals surface area contributed by atoms with Gasteiger partial charge in [-0.1, -0.05) is 5.16 Å². The number of carbonyl (C=O) groups excluding carboxylic acids is 1. The topological polar surface area (TPSA) is 96.2 Å². The number of aromatic nitrogens is 2. The Morgan fingerprint density at radius 3 is 2.76 bits per heavy atom. The number of piperidine rings is 1. The molecule has 0 radical (unpaired) electrons. The van der Waals surface area contributed by atoms with Crippen LogP contribution < -0.4 is 9.47 Å². The second-order valence-corrected chi connectivity index (χ2v) is 6.67. The lowest BCUT2D eigenvalue weighted by Gasteiger charge is -2.34. The molecule has 2 heterocycles. The zero-order valence-electron chi connectivity index (χ0n) is 17.1. The van der Waals surface area contributed by atoms with Crippen molar-refractivity contribution in [1.29, 1.82) is 0 Å². The Balaban J connectivity index is 1.74. The molecule has 1 saturated heterocycles. The summed E-state index contributed by atoms with van der Waals surface area (Å²) in [6, 6.07) is 4.92. The van der Waals surface area contributed by atoms with Gasteiger partial charge in [0.1, 0.15) is 6.61 Å². The molecule has 0 aliphatic carbocycles. The van der Waals surface area contributed by atoms with E-state index in [1.54, 1.807) is 44.4 Å². The van der Waals surface area contributed by atoms with Crippen LogP contribution in [0.1, 0.15) is 47.4 Å². The van der Waals surface area contributed by atoms with Crippen molar-refractivity contribution in [3.63, 3.8) is 0 Å². The first-order chi connectivity index (χ1) is 14.2. The number of benzene rings is 1. The molecule has 0 N–H and O–H groups in total. The van der Waals surface area contributed by atoms with Crippen LogP contribution in [0.15, 0.2) is 22.7 Å². The first-order valence-electron chi connectivity index (χ1n) is 9.60. The van der Waals surface area contributed by atoms with Gasteiger partial charge in [0.15, 0.2) is 17.3 Å². The second kappa shape index (κ2) is 10.2. The lowest BCUT2D eigenvalue weighted by Crippen LogP contribution is -2.39. The summed E-state index contributed by atoms with van der Waals surface area (Å²) in [6.45, 7) is 1.79. The minimum atomic E-state index is -0.235. The number of carbonyl (C=O) groups is 1. The van der Waals surface area contributed by atoms with E-state index >= 15 is 0 Å². The number of methoxy groups -OCH3 is 3. The Kier molecular flexibility index (Phi) is 7.42. The van der Waals surface area contributed by atoms with Crippen LogP contribution in [0, 0.1) is 0 Å². The molecule has 158 valence electrons. The van der Waals surface area contributed by atoms with Crippen molar-refractivity contribution in [3.8, 4) is 11.5 Å². The average Bonchev–Trinajstić information content (AvgIpc) is 3.24. The maximum Gasteiger partial charge on any atom is 0.254 e. The van der Waals surface area contributed by atoms with Crippen molar-refractivity contribution in [2.24, 2.45) is 0 Å². The van der Waals surface area contributed by atoms with Gasteiger partial charge in [-0.2, -0.15) is 4.98 Å². The van der Waals surface area contributed by atoms with Gasteiger partial charge in [-0.3, -0.25) is 4.79 Å². The Morgan fingerprint density at radius 2 is 2.00 bits per heavy atom. The van der Waals surface area contributed by atoms with E-state index in [4.69, 9.17) is 23.5 Å². The number of hydrogen-bond donors (Lipinski definition) is 0. The van der Waals surface area contributed by atoms with Gasteiger partial charge in [-0.25, -0.2) is 0 Å². The summed E-state index contributed by atoms with van der Waals surface area (Å²) >= 11 is 0. The zero-order chi connectivity index (χ0) is 20.6. The highest BCUT2D eigenvalue weighted by atomic mass is 16.5. The van der Waals surface area contributed by atoms with Crippen LogP contribution in [0.4, 0.5) is 0 Å². The van der Waals surface area contributed by atoms with Gasteiger partial charge in [0, 0.05) is 19.2 Å². The summed E-state index contributed by atoms with van der Waals surface area (Å²) in [4.78, 5) is 19.4. The fraction of sp³-hybridized carbons (Fsp3) is 0.550. The predicted octanol–water partition coefficient (Wildman–Crippen LogP) is 2.62. The molecule has 0 spiro atoms. The smallest absolute Gasteiger partial charge is 0.254 e. The van der Waals surface area contributed by atoms with Gasteiger partial charge in [-0.15, -0.1) is 0 Å². The van der Waals surface area contributed by atoms with Crippen LogP contribution in [0.5, 0.6) is 11.5 Å². The molecule has 3 rings (SSSR count). The van der Waals surface area contributed by atoms with Crippen molar-refractivity contribution in [3.05, 3.63) is 35.5 Å². The molecule has 1 aliphatic rings. The van der Waals surface area contributed by atoms with E-state index in [1.807, 2.05) is 0 Å². The molecule has 2 aromatic rings. The quantitative estimate of drug-likeness (QED) is 0.588. The molecule has 29 heavy (non-hydrogen) atoms. The van der Waals surface area contributed by atoms with Crippen molar-refractivity contribution in [2.45, 2.75) is 31.9 Å². The highest BCUT2D eigenvalue weighted by molar-refractivity contribution is 5.95. The highest BCUT2D eigenvalue weighted by Crippen LogP contribution is 2.33. The third-order valence-electron chi connectivity index (χ3n) is 4.83. The molecule has 1 fully saturated rings. The molecule has 1 unspecified atom stereocenters. The first-order valence-corrected chi connectivity index (χ1v) is 9.60. The number of amides is 1. The van der Waals surface area contributed by atoms with Gasteiger partial charge in [0.05, 0.1) is 33.5 Å². The monoisotopic (exact) mass is 405 g/mol. The summed E-state index contributed by atoms with van der Waals surface area (Å²) in [6.07, 6.45) is 2.71. The molecule has 9 heteroatoms. The molecular weight excluding hydrogens is 378 g/mol. The summed E-state index contributed by atoms with van der Waals surface area (Å²) in [7, 11) is 4.72. The van der Waals surface area contributed by atoms with Crippen LogP contribution in [-0.4, -0.2) is 62.0 Å². The van der Waals surface area contributed by atoms with Crippen molar-refractivity contribution < 1.29 is 28.3 Å².